The van der Waals surface area contributed by atoms with Gasteiger partial charge in [-0.3, -0.25) is 9.78 Å². The van der Waals surface area contributed by atoms with Crippen molar-refractivity contribution in [2.45, 2.75) is 0 Å². The van der Waals surface area contributed by atoms with E-state index in [4.69, 9.17) is 4.79 Å². The number of rotatable bonds is 0. The van der Waals surface area contributed by atoms with E-state index in [-0.39, 0.29) is 0 Å². The highest BCUT2D eigenvalue weighted by Crippen LogP contribution is 1.86. The van der Waals surface area contributed by atoms with Crippen molar-refractivity contribution < 1.29 is 4.79 Å². The molecular formula is C4H3Cl2NOS. The van der Waals surface area contributed by atoms with Crippen LogP contribution >= 0.6 is 34.5 Å². The number of aromatic nitrogens is 1. The largest absolute Gasteiger partial charge is 0.313 e. The standard InChI is InChI=1S/C3H3NS.CCl2O/c1-2-5-3-4-1;2-1(3)4/h1-3H;. The van der Waals surface area contributed by atoms with Crippen molar-refractivity contribution in [3.63, 3.8) is 0 Å². The van der Waals surface area contributed by atoms with Crippen molar-refractivity contribution in [1.82, 2.24) is 4.98 Å². The molecule has 0 atom stereocenters. The third kappa shape index (κ3) is 11.4. The number of nitrogens with zero attached hydrogens (tertiary/aromatic N) is 1. The lowest BCUT2D eigenvalue weighted by molar-refractivity contribution is 0.275. The Balaban J connectivity index is 0.000000148. The summed E-state index contributed by atoms with van der Waals surface area (Å²) in [5.41, 5.74) is 1.79. The van der Waals surface area contributed by atoms with Gasteiger partial charge < -0.3 is 0 Å². The molecule has 0 aromatic carbocycles. The topological polar surface area (TPSA) is 30.0 Å². The summed E-state index contributed by atoms with van der Waals surface area (Å²) < 4.78 is -0.889. The number of halogens is 2. The van der Waals surface area contributed by atoms with Crippen LogP contribution < -0.4 is 0 Å². The van der Waals surface area contributed by atoms with Crippen molar-refractivity contribution in [3.8, 4) is 0 Å². The first-order valence-corrected chi connectivity index (χ1v) is 3.60. The lowest BCUT2D eigenvalue weighted by Crippen LogP contribution is -1.46. The van der Waals surface area contributed by atoms with Gasteiger partial charge in [0.25, 0.3) is 0 Å². The number of carbonyl (C=O) groups is 1. The molecule has 0 spiro atoms. The molecule has 0 radical (unpaired) electrons. The van der Waals surface area contributed by atoms with Gasteiger partial charge in [-0.15, -0.1) is 11.3 Å². The Kier molecular flexibility index (Phi) is 5.93. The predicted octanol–water partition coefficient (Wildman–Crippen LogP) is 2.73. The Morgan fingerprint density at radius 3 is 2.22 bits per heavy atom. The SMILES string of the molecule is O=C(Cl)Cl.c1cscn1. The van der Waals surface area contributed by atoms with Crippen molar-refractivity contribution >= 4 is 39.2 Å². The summed E-state index contributed by atoms with van der Waals surface area (Å²) >= 11 is 10.4. The Morgan fingerprint density at radius 1 is 1.56 bits per heavy atom. The monoisotopic (exact) mass is 183 g/mol. The lowest BCUT2D eigenvalue weighted by Gasteiger charge is -1.48. The molecule has 0 saturated carbocycles. The predicted molar refractivity (Wildman–Crippen MR) is 39.2 cm³/mol. The van der Waals surface area contributed by atoms with Crippen LogP contribution in [0.4, 0.5) is 4.79 Å². The second-order valence-corrected chi connectivity index (χ2v) is 2.54. The highest BCUT2D eigenvalue weighted by atomic mass is 35.5. The average Bonchev–Trinajstić information content (AvgIpc) is 2.11. The number of hydrogen-bond acceptors (Lipinski definition) is 3. The maximum atomic E-state index is 8.98. The van der Waals surface area contributed by atoms with Crippen LogP contribution in [-0.4, -0.2) is 9.69 Å². The van der Waals surface area contributed by atoms with E-state index in [1.165, 1.54) is 0 Å². The zero-order valence-corrected chi connectivity index (χ0v) is 6.58. The van der Waals surface area contributed by atoms with Crippen LogP contribution in [0.15, 0.2) is 17.1 Å². The fraction of sp³-hybridized carbons (Fsp3) is 0. The molecular weight excluding hydrogens is 181 g/mol. The summed E-state index contributed by atoms with van der Waals surface area (Å²) in [4.78, 5) is 12.7. The van der Waals surface area contributed by atoms with Gasteiger partial charge in [0, 0.05) is 11.6 Å². The molecule has 0 amide bonds. The smallest absolute Gasteiger partial charge is 0.262 e. The molecule has 0 aliphatic rings. The summed E-state index contributed by atoms with van der Waals surface area (Å²) in [5, 5.41) is 1.93. The molecule has 5 heteroatoms. The van der Waals surface area contributed by atoms with E-state index in [0.717, 1.165) is 0 Å². The van der Waals surface area contributed by atoms with E-state index in [2.05, 4.69) is 28.2 Å². The normalized spacial score (nSPS) is 7.33. The van der Waals surface area contributed by atoms with Gasteiger partial charge in [-0.05, 0) is 23.2 Å². The Labute approximate surface area is 66.4 Å². The maximum absolute atomic E-state index is 8.98. The highest BCUT2D eigenvalue weighted by molar-refractivity contribution is 7.07. The van der Waals surface area contributed by atoms with Gasteiger partial charge in [-0.1, -0.05) is 0 Å². The van der Waals surface area contributed by atoms with E-state index < -0.39 is 4.70 Å². The molecule has 0 unspecified atom stereocenters. The van der Waals surface area contributed by atoms with Crippen molar-refractivity contribution in [1.29, 1.82) is 0 Å². The second kappa shape index (κ2) is 6.01. The zero-order valence-electron chi connectivity index (χ0n) is 4.25. The first-order chi connectivity index (χ1) is 4.23. The van der Waals surface area contributed by atoms with Gasteiger partial charge in [-0.25, -0.2) is 0 Å². The van der Waals surface area contributed by atoms with E-state index in [1.807, 2.05) is 5.38 Å². The van der Waals surface area contributed by atoms with E-state index in [1.54, 1.807) is 23.0 Å². The van der Waals surface area contributed by atoms with Crippen LogP contribution in [0.1, 0.15) is 0 Å². The summed E-state index contributed by atoms with van der Waals surface area (Å²) in [6.45, 7) is 0. The van der Waals surface area contributed by atoms with Gasteiger partial charge in [0.05, 0.1) is 5.51 Å². The third-order valence-corrected chi connectivity index (χ3v) is 0.869. The van der Waals surface area contributed by atoms with Gasteiger partial charge >= 0.3 is 4.70 Å². The molecule has 0 aliphatic carbocycles. The first-order valence-electron chi connectivity index (χ1n) is 1.90. The molecule has 1 aromatic rings. The van der Waals surface area contributed by atoms with E-state index >= 15 is 0 Å². The van der Waals surface area contributed by atoms with Crippen LogP contribution in [-0.2, 0) is 0 Å². The molecule has 0 bridgehead atoms. The molecule has 1 heterocycles. The van der Waals surface area contributed by atoms with Crippen LogP contribution in [0.5, 0.6) is 0 Å². The molecule has 0 aliphatic heterocycles. The minimum absolute atomic E-state index is 0.889. The number of carbonyl (C=O) groups excluding carboxylic acids is 1. The van der Waals surface area contributed by atoms with E-state index in [9.17, 15) is 0 Å². The fourth-order valence-corrected chi connectivity index (χ4v) is 0.527. The van der Waals surface area contributed by atoms with Crippen LogP contribution in [0.2, 0.25) is 0 Å². The zero-order chi connectivity index (χ0) is 7.11. The van der Waals surface area contributed by atoms with Crippen LogP contribution in [0, 0.1) is 0 Å². The summed E-state index contributed by atoms with van der Waals surface area (Å²) in [5.74, 6) is 0. The molecule has 1 aromatic heterocycles. The molecule has 0 N–H and O–H groups in total. The van der Waals surface area contributed by atoms with E-state index in [0.29, 0.717) is 0 Å². The first kappa shape index (κ1) is 8.88. The summed E-state index contributed by atoms with van der Waals surface area (Å²) in [6, 6.07) is 0. The van der Waals surface area contributed by atoms with Crippen molar-refractivity contribution in [2.24, 2.45) is 0 Å². The molecule has 50 valence electrons. The molecule has 9 heavy (non-hydrogen) atoms. The Morgan fingerprint density at radius 2 is 2.11 bits per heavy atom. The average molecular weight is 184 g/mol. The Hall–Kier alpha value is -0.120. The van der Waals surface area contributed by atoms with Gasteiger partial charge in [0.15, 0.2) is 0 Å². The second-order valence-electron chi connectivity index (χ2n) is 0.901. The maximum Gasteiger partial charge on any atom is 0.313 e. The lowest BCUT2D eigenvalue weighted by atomic mass is 11.0. The van der Waals surface area contributed by atoms with Crippen molar-refractivity contribution in [2.75, 3.05) is 0 Å². The van der Waals surface area contributed by atoms with Gasteiger partial charge in [0.2, 0.25) is 0 Å². The molecule has 0 fully saturated rings. The summed E-state index contributed by atoms with van der Waals surface area (Å²) in [7, 11) is 0. The quantitative estimate of drug-likeness (QED) is 0.580. The van der Waals surface area contributed by atoms with Gasteiger partial charge in [-0.2, -0.15) is 0 Å². The molecule has 0 saturated heterocycles. The summed E-state index contributed by atoms with van der Waals surface area (Å²) in [6.07, 6.45) is 1.77. The number of thiazole rings is 1. The van der Waals surface area contributed by atoms with Crippen LogP contribution in [0.3, 0.4) is 0 Å². The molecule has 2 nitrogen and oxygen atoms in total. The fourth-order valence-electron chi connectivity index (χ4n) is 0.176. The number of hydrogen-bond donors (Lipinski definition) is 0. The third-order valence-electron chi connectivity index (χ3n) is 0.347. The van der Waals surface area contributed by atoms with Gasteiger partial charge in [0.1, 0.15) is 0 Å². The van der Waals surface area contributed by atoms with Crippen molar-refractivity contribution in [3.05, 3.63) is 17.1 Å². The molecule has 1 rings (SSSR count). The minimum Gasteiger partial charge on any atom is -0.262 e. The minimum atomic E-state index is -0.889. The Bertz CT molecular complexity index is 132. The van der Waals surface area contributed by atoms with Crippen LogP contribution in [0.25, 0.3) is 0 Å². The highest BCUT2D eigenvalue weighted by Gasteiger charge is 1.72.